The first-order valence-corrected chi connectivity index (χ1v) is 13.3. The van der Waals surface area contributed by atoms with Gasteiger partial charge in [0.15, 0.2) is 0 Å². The van der Waals surface area contributed by atoms with Crippen LogP contribution in [0.3, 0.4) is 0 Å². The van der Waals surface area contributed by atoms with Crippen molar-refractivity contribution in [3.8, 4) is 17.6 Å². The standard InChI is InChI=1S/C26H26ClF3N2O3S/c1-24(2)22(36-12-11-32-21(36)14-20(27)26(28,29)30)25(24,23(33)34)19(15-31)16-7-6-10-18(13-16)35-17-8-4-3-5-9-17/h3-10,13,19-20,22,32H,11-12,14H2,1-2H3,(H,33,34). The first kappa shape index (κ1) is 26.5. The number of nitrogens with one attached hydrogen (secondary N) is 1. The summed E-state index contributed by atoms with van der Waals surface area (Å²) in [5, 5.41) is 21.2. The quantitative estimate of drug-likeness (QED) is 0.312. The lowest BCUT2D eigenvalue weighted by molar-refractivity contribution is -0.145. The zero-order valence-corrected chi connectivity index (χ0v) is 21.3. The second-order valence-corrected chi connectivity index (χ2v) is 12.3. The van der Waals surface area contributed by atoms with Gasteiger partial charge in [-0.2, -0.15) is 28.9 Å². The monoisotopic (exact) mass is 538 g/mol. The fourth-order valence-corrected chi connectivity index (χ4v) is 9.25. The van der Waals surface area contributed by atoms with Crippen LogP contribution in [0.5, 0.6) is 11.5 Å². The molecule has 0 saturated heterocycles. The highest BCUT2D eigenvalue weighted by molar-refractivity contribution is 8.17. The average molecular weight is 539 g/mol. The van der Waals surface area contributed by atoms with E-state index in [1.807, 2.05) is 18.2 Å². The van der Waals surface area contributed by atoms with Crippen molar-refractivity contribution in [3.63, 3.8) is 0 Å². The van der Waals surface area contributed by atoms with Gasteiger partial charge in [-0.3, -0.25) is 10.1 Å². The molecule has 4 rings (SSSR count). The number of nitriles is 1. The largest absolute Gasteiger partial charge is 0.481 e. The minimum Gasteiger partial charge on any atom is -0.481 e. The first-order valence-electron chi connectivity index (χ1n) is 11.4. The number of alkyl halides is 4. The van der Waals surface area contributed by atoms with E-state index in [2.05, 4.69) is 11.4 Å². The van der Waals surface area contributed by atoms with E-state index in [0.717, 1.165) is 0 Å². The molecule has 0 amide bonds. The SMILES string of the molecule is CC1(C)C(S2=C(CC(Cl)C(F)(F)F)NCC2)C1(C(=O)O)C(C#N)c1cccc(Oc2ccccc2)c1. The molecule has 192 valence electrons. The lowest BCUT2D eigenvalue weighted by Crippen LogP contribution is -2.31. The first-order chi connectivity index (χ1) is 16.9. The van der Waals surface area contributed by atoms with E-state index >= 15 is 0 Å². The molecule has 1 fully saturated rings. The predicted octanol–water partition coefficient (Wildman–Crippen LogP) is 6.13. The van der Waals surface area contributed by atoms with Crippen molar-refractivity contribution in [2.24, 2.45) is 10.8 Å². The Morgan fingerprint density at radius 1 is 1.25 bits per heavy atom. The summed E-state index contributed by atoms with van der Waals surface area (Å²) in [5.74, 6) is -0.593. The lowest BCUT2D eigenvalue weighted by atomic mass is 9.79. The van der Waals surface area contributed by atoms with Crippen molar-refractivity contribution in [2.75, 3.05) is 12.3 Å². The van der Waals surface area contributed by atoms with Crippen LogP contribution in [-0.2, 0) is 4.79 Å². The summed E-state index contributed by atoms with van der Waals surface area (Å²) < 4.78 is 45.4. The van der Waals surface area contributed by atoms with E-state index in [-0.39, 0.29) is 0 Å². The maximum atomic E-state index is 13.2. The summed E-state index contributed by atoms with van der Waals surface area (Å²) in [7, 11) is -0.795. The van der Waals surface area contributed by atoms with Crippen LogP contribution in [0.4, 0.5) is 13.2 Å². The van der Waals surface area contributed by atoms with E-state index in [9.17, 15) is 28.3 Å². The summed E-state index contributed by atoms with van der Waals surface area (Å²) in [6.45, 7) is 4.01. The molecule has 36 heavy (non-hydrogen) atoms. The number of hydrogen-bond donors (Lipinski definition) is 2. The molecule has 0 aromatic heterocycles. The Labute approximate surface area is 215 Å². The molecule has 2 aliphatic rings. The van der Waals surface area contributed by atoms with Gasteiger partial charge in [-0.1, -0.05) is 44.2 Å². The van der Waals surface area contributed by atoms with Crippen molar-refractivity contribution in [1.82, 2.24) is 5.32 Å². The topological polar surface area (TPSA) is 82.4 Å². The third-order valence-electron chi connectivity index (χ3n) is 7.13. The Morgan fingerprint density at radius 3 is 2.53 bits per heavy atom. The molecule has 10 heteroatoms. The molecular formula is C26H26ClF3N2O3S. The second-order valence-electron chi connectivity index (χ2n) is 9.52. The number of carbonyl (C=O) groups is 1. The predicted molar refractivity (Wildman–Crippen MR) is 135 cm³/mol. The molecule has 0 spiro atoms. The smallest absolute Gasteiger partial charge is 0.405 e. The summed E-state index contributed by atoms with van der Waals surface area (Å²) in [6.07, 6.45) is -4.99. The third-order valence-corrected chi connectivity index (χ3v) is 10.6. The van der Waals surface area contributed by atoms with Gasteiger partial charge in [0.1, 0.15) is 22.3 Å². The zero-order valence-electron chi connectivity index (χ0n) is 19.7. The van der Waals surface area contributed by atoms with Gasteiger partial charge in [0, 0.05) is 29.0 Å². The molecule has 2 aromatic carbocycles. The minimum absolute atomic E-state index is 0.423. The summed E-state index contributed by atoms with van der Waals surface area (Å²) in [6, 6.07) is 18.1. The molecule has 1 heterocycles. The van der Waals surface area contributed by atoms with Gasteiger partial charge in [-0.15, -0.1) is 11.6 Å². The molecule has 2 aromatic rings. The van der Waals surface area contributed by atoms with Crippen LogP contribution >= 0.6 is 22.1 Å². The highest BCUT2D eigenvalue weighted by Gasteiger charge is 2.80. The molecule has 0 radical (unpaired) electrons. The number of ether oxygens (including phenoxy) is 1. The average Bonchev–Trinajstić information content (AvgIpc) is 3.08. The number of hydrogen-bond acceptors (Lipinski definition) is 4. The van der Waals surface area contributed by atoms with Gasteiger partial charge in [0.2, 0.25) is 0 Å². The number of aliphatic carboxylic acids is 1. The van der Waals surface area contributed by atoms with Crippen LogP contribution in [0, 0.1) is 22.2 Å². The van der Waals surface area contributed by atoms with Gasteiger partial charge in [-0.05, 0) is 35.2 Å². The molecular weight excluding hydrogens is 513 g/mol. The Bertz CT molecular complexity index is 1230. The summed E-state index contributed by atoms with van der Waals surface area (Å²) in [4.78, 5) is 13.3. The number of carboxylic acid groups (broad SMARTS) is 1. The molecule has 2 N–H and O–H groups in total. The number of halogens is 4. The second kappa shape index (κ2) is 9.73. The van der Waals surface area contributed by atoms with E-state index in [4.69, 9.17) is 16.3 Å². The van der Waals surface area contributed by atoms with E-state index in [1.54, 1.807) is 50.2 Å². The lowest BCUT2D eigenvalue weighted by Gasteiger charge is -2.23. The molecule has 1 aliphatic heterocycles. The molecule has 5 atom stereocenters. The van der Waals surface area contributed by atoms with Gasteiger partial charge in [0.05, 0.1) is 12.0 Å². The minimum atomic E-state index is -4.56. The molecule has 1 saturated carbocycles. The zero-order chi connectivity index (χ0) is 26.3. The van der Waals surface area contributed by atoms with Crippen molar-refractivity contribution >= 4 is 33.0 Å². The maximum absolute atomic E-state index is 13.2. The number of carboxylic acids is 1. The van der Waals surface area contributed by atoms with Crippen molar-refractivity contribution in [3.05, 3.63) is 60.2 Å². The van der Waals surface area contributed by atoms with Crippen LogP contribution < -0.4 is 10.1 Å². The van der Waals surface area contributed by atoms with Gasteiger partial charge < -0.3 is 9.84 Å². The van der Waals surface area contributed by atoms with Crippen LogP contribution in [0.15, 0.2) is 54.6 Å². The number of para-hydroxylation sites is 1. The van der Waals surface area contributed by atoms with Crippen molar-refractivity contribution < 1.29 is 27.8 Å². The van der Waals surface area contributed by atoms with Crippen LogP contribution in [0.1, 0.15) is 31.7 Å². The van der Waals surface area contributed by atoms with E-state index < -0.39 is 56.4 Å². The Morgan fingerprint density at radius 2 is 1.92 bits per heavy atom. The maximum Gasteiger partial charge on any atom is 0.405 e. The highest BCUT2D eigenvalue weighted by Crippen LogP contribution is 2.76. The Hall–Kier alpha value is -2.54. The van der Waals surface area contributed by atoms with Crippen LogP contribution in [0.2, 0.25) is 0 Å². The van der Waals surface area contributed by atoms with Crippen molar-refractivity contribution in [1.29, 1.82) is 5.26 Å². The number of benzene rings is 2. The van der Waals surface area contributed by atoms with E-state index in [1.165, 1.54) is 0 Å². The fourth-order valence-electron chi connectivity index (χ4n) is 5.42. The fraction of sp³-hybridized carbons (Fsp3) is 0.423. The molecule has 5 unspecified atom stereocenters. The van der Waals surface area contributed by atoms with Gasteiger partial charge >= 0.3 is 12.1 Å². The van der Waals surface area contributed by atoms with Gasteiger partial charge in [0.25, 0.3) is 0 Å². The van der Waals surface area contributed by atoms with Crippen LogP contribution in [0.25, 0.3) is 0 Å². The summed E-state index contributed by atoms with van der Waals surface area (Å²) >= 11 is 5.64. The van der Waals surface area contributed by atoms with Gasteiger partial charge in [-0.25, -0.2) is 0 Å². The number of nitrogens with zero attached hydrogens (tertiary/aromatic N) is 1. The molecule has 1 aliphatic carbocycles. The molecule has 0 bridgehead atoms. The molecule has 5 nitrogen and oxygen atoms in total. The summed E-state index contributed by atoms with van der Waals surface area (Å²) in [5.41, 5.74) is -1.82. The third kappa shape index (κ3) is 4.51. The Balaban J connectivity index is 1.72. The van der Waals surface area contributed by atoms with E-state index in [0.29, 0.717) is 34.3 Å². The highest BCUT2D eigenvalue weighted by atomic mass is 35.5. The van der Waals surface area contributed by atoms with Crippen LogP contribution in [-0.4, -0.2) is 45.2 Å². The number of rotatable bonds is 8. The normalized spacial score (nSPS) is 26.6. The Kier molecular flexibility index (Phi) is 7.17. The van der Waals surface area contributed by atoms with Crippen molar-refractivity contribution in [2.45, 2.75) is 43.0 Å².